The van der Waals surface area contributed by atoms with Crippen molar-refractivity contribution < 1.29 is 4.79 Å². The van der Waals surface area contributed by atoms with Crippen LogP contribution in [0.1, 0.15) is 38.8 Å². The number of halogens is 1. The van der Waals surface area contributed by atoms with Crippen LogP contribution in [-0.2, 0) is 0 Å². The first-order valence-corrected chi connectivity index (χ1v) is 7.29. The molecule has 4 heteroatoms. The van der Waals surface area contributed by atoms with E-state index >= 15 is 0 Å². The number of carbonyl (C=O) groups is 1. The van der Waals surface area contributed by atoms with Crippen molar-refractivity contribution in [3.63, 3.8) is 0 Å². The Balaban J connectivity index is 2.06. The first-order chi connectivity index (χ1) is 9.97. The highest BCUT2D eigenvalue weighted by Gasteiger charge is 2.28. The van der Waals surface area contributed by atoms with Crippen LogP contribution in [-0.4, -0.2) is 5.91 Å². The second-order valence-corrected chi connectivity index (χ2v) is 5.93. The van der Waals surface area contributed by atoms with E-state index in [0.717, 1.165) is 22.4 Å². The smallest absolute Gasteiger partial charge is 0.256 e. The monoisotopic (exact) mass is 300 g/mol. The van der Waals surface area contributed by atoms with Crippen molar-refractivity contribution in [2.24, 2.45) is 0 Å². The second-order valence-electron chi connectivity index (χ2n) is 5.53. The molecule has 1 aliphatic rings. The fourth-order valence-corrected chi connectivity index (χ4v) is 3.32. The fraction of sp³-hybridized carbons (Fsp3) is 0.235. The van der Waals surface area contributed by atoms with Crippen molar-refractivity contribution in [3.8, 4) is 0 Å². The highest BCUT2D eigenvalue weighted by Crippen LogP contribution is 2.33. The van der Waals surface area contributed by atoms with E-state index in [1.807, 2.05) is 12.1 Å². The van der Waals surface area contributed by atoms with E-state index in [0.29, 0.717) is 10.6 Å². The Morgan fingerprint density at radius 3 is 2.38 bits per heavy atom. The number of aryl methyl sites for hydroxylation is 3. The molecular weight excluding hydrogens is 284 g/mol. The van der Waals surface area contributed by atoms with Crippen LogP contribution in [0.25, 0.3) is 0 Å². The number of amides is 1. The van der Waals surface area contributed by atoms with Crippen molar-refractivity contribution in [1.29, 1.82) is 0 Å². The summed E-state index contributed by atoms with van der Waals surface area (Å²) in [6, 6.07) is 9.71. The van der Waals surface area contributed by atoms with Crippen LogP contribution in [0.2, 0.25) is 5.02 Å². The van der Waals surface area contributed by atoms with Gasteiger partial charge < -0.3 is 10.6 Å². The molecule has 1 atom stereocenters. The summed E-state index contributed by atoms with van der Waals surface area (Å²) in [5.74, 6) is -0.140. The van der Waals surface area contributed by atoms with Crippen molar-refractivity contribution in [3.05, 3.63) is 63.2 Å². The third-order valence-electron chi connectivity index (χ3n) is 3.84. The maximum absolute atomic E-state index is 12.3. The molecule has 3 rings (SSSR count). The number of fused-ring (bicyclic) bond motifs is 1. The molecule has 1 aliphatic heterocycles. The van der Waals surface area contributed by atoms with Crippen LogP contribution in [0.5, 0.6) is 0 Å². The molecule has 0 radical (unpaired) electrons. The van der Waals surface area contributed by atoms with Gasteiger partial charge in [-0.2, -0.15) is 0 Å². The van der Waals surface area contributed by atoms with Gasteiger partial charge in [0.1, 0.15) is 6.17 Å². The van der Waals surface area contributed by atoms with Gasteiger partial charge in [0.05, 0.1) is 16.3 Å². The number of nitrogens with one attached hydrogen (secondary N) is 2. The lowest BCUT2D eigenvalue weighted by Gasteiger charge is -2.30. The molecule has 0 saturated heterocycles. The number of rotatable bonds is 1. The average Bonchev–Trinajstić information content (AvgIpc) is 2.37. The van der Waals surface area contributed by atoms with Crippen LogP contribution in [0, 0.1) is 20.8 Å². The minimum Gasteiger partial charge on any atom is -0.361 e. The van der Waals surface area contributed by atoms with Crippen LogP contribution in [0.4, 0.5) is 5.69 Å². The van der Waals surface area contributed by atoms with E-state index in [2.05, 4.69) is 43.5 Å². The Labute approximate surface area is 129 Å². The summed E-state index contributed by atoms with van der Waals surface area (Å²) in [6.07, 6.45) is -0.232. The highest BCUT2D eigenvalue weighted by molar-refractivity contribution is 6.34. The van der Waals surface area contributed by atoms with E-state index in [1.165, 1.54) is 5.56 Å². The Kier molecular flexibility index (Phi) is 3.38. The standard InChI is InChI=1S/C17H17ClN2O/c1-9-7-10(2)14(11(3)8-9)16-19-13-6-4-5-12(18)15(13)17(21)20-16/h4-8,16,19H,1-3H3,(H,20,21). The zero-order valence-electron chi connectivity index (χ0n) is 12.3. The van der Waals surface area contributed by atoms with Crippen molar-refractivity contribution in [1.82, 2.24) is 5.32 Å². The molecule has 21 heavy (non-hydrogen) atoms. The Morgan fingerprint density at radius 2 is 1.71 bits per heavy atom. The lowest BCUT2D eigenvalue weighted by molar-refractivity contribution is 0.0935. The number of anilines is 1. The Hall–Kier alpha value is -2.00. The summed E-state index contributed by atoms with van der Waals surface area (Å²) in [6.45, 7) is 6.21. The summed E-state index contributed by atoms with van der Waals surface area (Å²) in [4.78, 5) is 12.3. The first-order valence-electron chi connectivity index (χ1n) is 6.91. The van der Waals surface area contributed by atoms with Crippen molar-refractivity contribution in [2.75, 3.05) is 5.32 Å². The zero-order valence-corrected chi connectivity index (χ0v) is 13.0. The molecular formula is C17H17ClN2O. The van der Waals surface area contributed by atoms with Crippen molar-refractivity contribution >= 4 is 23.2 Å². The minimum atomic E-state index is -0.232. The van der Waals surface area contributed by atoms with Gasteiger partial charge in [0, 0.05) is 5.56 Å². The Bertz CT molecular complexity index is 717. The Morgan fingerprint density at radius 1 is 1.05 bits per heavy atom. The van der Waals surface area contributed by atoms with Crippen LogP contribution in [0.3, 0.4) is 0 Å². The molecule has 1 unspecified atom stereocenters. The van der Waals surface area contributed by atoms with Gasteiger partial charge in [-0.25, -0.2) is 0 Å². The molecule has 2 aromatic carbocycles. The number of hydrogen-bond donors (Lipinski definition) is 2. The average molecular weight is 301 g/mol. The predicted molar refractivity (Wildman–Crippen MR) is 85.9 cm³/mol. The maximum Gasteiger partial charge on any atom is 0.256 e. The lowest BCUT2D eigenvalue weighted by atomic mass is 9.95. The van der Waals surface area contributed by atoms with E-state index in [1.54, 1.807) is 6.07 Å². The molecule has 0 aliphatic carbocycles. The number of carbonyl (C=O) groups excluding carboxylic acids is 1. The summed E-state index contributed by atoms with van der Waals surface area (Å²) in [7, 11) is 0. The van der Waals surface area contributed by atoms with E-state index in [-0.39, 0.29) is 12.1 Å². The normalized spacial score (nSPS) is 17.0. The van der Waals surface area contributed by atoms with Gasteiger partial charge in [-0.05, 0) is 44.0 Å². The molecule has 108 valence electrons. The molecule has 0 aromatic heterocycles. The molecule has 0 fully saturated rings. The van der Waals surface area contributed by atoms with Crippen LogP contribution < -0.4 is 10.6 Å². The van der Waals surface area contributed by atoms with E-state index in [9.17, 15) is 4.79 Å². The minimum absolute atomic E-state index is 0.140. The summed E-state index contributed by atoms with van der Waals surface area (Å²) in [5.41, 5.74) is 5.94. The van der Waals surface area contributed by atoms with Gasteiger partial charge in [0.15, 0.2) is 0 Å². The summed E-state index contributed by atoms with van der Waals surface area (Å²) in [5, 5.41) is 6.83. The van der Waals surface area contributed by atoms with Gasteiger partial charge >= 0.3 is 0 Å². The van der Waals surface area contributed by atoms with E-state index in [4.69, 9.17) is 11.6 Å². The van der Waals surface area contributed by atoms with Gasteiger partial charge in [0.25, 0.3) is 5.91 Å². The summed E-state index contributed by atoms with van der Waals surface area (Å²) >= 11 is 6.11. The molecule has 3 nitrogen and oxygen atoms in total. The van der Waals surface area contributed by atoms with Crippen LogP contribution in [0.15, 0.2) is 30.3 Å². The predicted octanol–water partition coefficient (Wildman–Crippen LogP) is 4.12. The van der Waals surface area contributed by atoms with E-state index < -0.39 is 0 Å². The first kappa shape index (κ1) is 14.0. The maximum atomic E-state index is 12.3. The molecule has 2 N–H and O–H groups in total. The van der Waals surface area contributed by atoms with Gasteiger partial charge in [0.2, 0.25) is 0 Å². The number of benzene rings is 2. The second kappa shape index (κ2) is 5.08. The zero-order chi connectivity index (χ0) is 15.1. The molecule has 2 aromatic rings. The molecule has 0 saturated carbocycles. The SMILES string of the molecule is Cc1cc(C)c(C2NC(=O)c3c(Cl)cccc3N2)c(C)c1. The molecule has 0 spiro atoms. The molecule has 0 bridgehead atoms. The van der Waals surface area contributed by atoms with Gasteiger partial charge in [-0.15, -0.1) is 0 Å². The fourth-order valence-electron chi connectivity index (χ4n) is 3.06. The lowest BCUT2D eigenvalue weighted by Crippen LogP contribution is -2.39. The van der Waals surface area contributed by atoms with Crippen molar-refractivity contribution in [2.45, 2.75) is 26.9 Å². The highest BCUT2D eigenvalue weighted by atomic mass is 35.5. The van der Waals surface area contributed by atoms with Gasteiger partial charge in [-0.1, -0.05) is 35.4 Å². The molecule has 1 heterocycles. The largest absolute Gasteiger partial charge is 0.361 e. The summed E-state index contributed by atoms with van der Waals surface area (Å²) < 4.78 is 0. The quantitative estimate of drug-likeness (QED) is 0.832. The number of hydrogen-bond acceptors (Lipinski definition) is 2. The third kappa shape index (κ3) is 2.38. The topological polar surface area (TPSA) is 41.1 Å². The third-order valence-corrected chi connectivity index (χ3v) is 4.16. The van der Waals surface area contributed by atoms with Gasteiger partial charge in [-0.3, -0.25) is 4.79 Å². The molecule has 1 amide bonds. The van der Waals surface area contributed by atoms with Crippen LogP contribution >= 0.6 is 11.6 Å².